The molecule has 186 valence electrons. The Kier molecular flexibility index (Phi) is 7.94. The number of rotatable bonds is 11. The van der Waals surface area contributed by atoms with E-state index in [1.54, 1.807) is 0 Å². The number of hydrogen-bond donors (Lipinski definition) is 1. The molecule has 0 radical (unpaired) electrons. The fourth-order valence-electron chi connectivity index (χ4n) is 4.79. The second-order valence-corrected chi connectivity index (χ2v) is 9.36. The first-order chi connectivity index (χ1) is 17.7. The Morgan fingerprint density at radius 2 is 1.31 bits per heavy atom. The second-order valence-electron chi connectivity index (χ2n) is 9.36. The van der Waals surface area contributed by atoms with E-state index in [1.165, 1.54) is 0 Å². The third-order valence-corrected chi connectivity index (χ3v) is 6.70. The quantitative estimate of drug-likeness (QED) is 0.275. The average molecular weight is 484 g/mol. The van der Waals surface area contributed by atoms with Crippen LogP contribution in [0.15, 0.2) is 109 Å². The second kappa shape index (κ2) is 11.7. The number of ether oxygens (including phenoxy) is 4. The Morgan fingerprint density at radius 3 is 1.89 bits per heavy atom. The SMILES string of the molecule is C[C@]1(OCc2ccccc2)C(c2ccc[nH]2)O[C@H](COCc2ccccc2)[C@H]1OCc1ccccc1. The molecule has 1 saturated heterocycles. The Labute approximate surface area is 213 Å². The van der Waals surface area contributed by atoms with Gasteiger partial charge in [-0.1, -0.05) is 91.0 Å². The zero-order chi connectivity index (χ0) is 24.6. The molecule has 5 rings (SSSR count). The Balaban J connectivity index is 1.38. The molecule has 4 atom stereocenters. The molecule has 0 saturated carbocycles. The molecule has 0 bridgehead atoms. The highest BCUT2D eigenvalue weighted by Crippen LogP contribution is 2.46. The van der Waals surface area contributed by atoms with Crippen LogP contribution in [0.2, 0.25) is 0 Å². The molecule has 0 amide bonds. The van der Waals surface area contributed by atoms with Crippen molar-refractivity contribution in [3.8, 4) is 0 Å². The molecule has 1 aliphatic rings. The van der Waals surface area contributed by atoms with Gasteiger partial charge in [0.1, 0.15) is 23.9 Å². The van der Waals surface area contributed by atoms with E-state index in [9.17, 15) is 0 Å². The maximum atomic E-state index is 6.68. The monoisotopic (exact) mass is 483 g/mol. The highest BCUT2D eigenvalue weighted by molar-refractivity contribution is 5.20. The molecule has 3 aromatic carbocycles. The van der Waals surface area contributed by atoms with Crippen molar-refractivity contribution in [1.82, 2.24) is 4.98 Å². The van der Waals surface area contributed by atoms with Crippen LogP contribution in [0.25, 0.3) is 0 Å². The van der Waals surface area contributed by atoms with E-state index in [2.05, 4.69) is 48.3 Å². The summed E-state index contributed by atoms with van der Waals surface area (Å²) in [6.45, 7) is 3.93. The Bertz CT molecular complexity index is 1170. The Hall–Kier alpha value is -3.22. The van der Waals surface area contributed by atoms with Gasteiger partial charge in [-0.15, -0.1) is 0 Å². The van der Waals surface area contributed by atoms with Crippen LogP contribution in [0.3, 0.4) is 0 Å². The minimum atomic E-state index is -0.740. The average Bonchev–Trinajstić information content (AvgIpc) is 3.55. The van der Waals surface area contributed by atoms with Crippen molar-refractivity contribution < 1.29 is 18.9 Å². The fourth-order valence-corrected chi connectivity index (χ4v) is 4.79. The summed E-state index contributed by atoms with van der Waals surface area (Å²) in [5.41, 5.74) is 3.56. The van der Waals surface area contributed by atoms with E-state index >= 15 is 0 Å². The first-order valence-corrected chi connectivity index (χ1v) is 12.5. The molecule has 2 heterocycles. The number of aromatic amines is 1. The van der Waals surface area contributed by atoms with Crippen molar-refractivity contribution >= 4 is 0 Å². The number of H-pyrrole nitrogens is 1. The van der Waals surface area contributed by atoms with Gasteiger partial charge in [0, 0.05) is 11.9 Å². The van der Waals surface area contributed by atoms with Crippen LogP contribution in [0.5, 0.6) is 0 Å². The zero-order valence-electron chi connectivity index (χ0n) is 20.6. The molecule has 5 nitrogen and oxygen atoms in total. The number of benzene rings is 3. The van der Waals surface area contributed by atoms with Crippen molar-refractivity contribution in [3.63, 3.8) is 0 Å². The summed E-state index contributed by atoms with van der Waals surface area (Å²) in [5, 5.41) is 0. The van der Waals surface area contributed by atoms with Gasteiger partial charge in [0.25, 0.3) is 0 Å². The van der Waals surface area contributed by atoms with E-state index in [-0.39, 0.29) is 18.3 Å². The molecule has 4 aromatic rings. The molecule has 5 heteroatoms. The van der Waals surface area contributed by atoms with Crippen LogP contribution in [0.4, 0.5) is 0 Å². The van der Waals surface area contributed by atoms with E-state index in [1.807, 2.05) is 72.9 Å². The predicted octanol–water partition coefficient (Wildman–Crippen LogP) is 6.23. The Morgan fingerprint density at radius 1 is 0.722 bits per heavy atom. The maximum absolute atomic E-state index is 6.68. The van der Waals surface area contributed by atoms with Crippen LogP contribution >= 0.6 is 0 Å². The van der Waals surface area contributed by atoms with Gasteiger partial charge >= 0.3 is 0 Å². The smallest absolute Gasteiger partial charge is 0.129 e. The predicted molar refractivity (Wildman–Crippen MR) is 139 cm³/mol. The van der Waals surface area contributed by atoms with Gasteiger partial charge in [-0.2, -0.15) is 0 Å². The van der Waals surface area contributed by atoms with E-state index < -0.39 is 5.60 Å². The van der Waals surface area contributed by atoms with Crippen LogP contribution in [-0.2, 0) is 38.8 Å². The van der Waals surface area contributed by atoms with Gasteiger partial charge in [-0.25, -0.2) is 0 Å². The van der Waals surface area contributed by atoms with Crippen molar-refractivity contribution in [1.29, 1.82) is 0 Å². The molecule has 0 spiro atoms. The summed E-state index contributed by atoms with van der Waals surface area (Å²) in [5.74, 6) is 0. The number of nitrogens with one attached hydrogen (secondary N) is 1. The standard InChI is InChI=1S/C31H33NO4/c1-31(35-22-26-16-9-4-10-17-26)29(27-18-11-19-32-27)36-28(23-33-20-24-12-5-2-6-13-24)30(31)34-21-25-14-7-3-8-15-25/h2-19,28-30,32H,20-23H2,1H3/t28-,29?,30-,31+/m1/s1. The number of hydrogen-bond acceptors (Lipinski definition) is 4. The fraction of sp³-hybridized carbons (Fsp3) is 0.290. The molecular weight excluding hydrogens is 450 g/mol. The third-order valence-electron chi connectivity index (χ3n) is 6.70. The molecule has 36 heavy (non-hydrogen) atoms. The minimum absolute atomic E-state index is 0.300. The van der Waals surface area contributed by atoms with Crippen LogP contribution < -0.4 is 0 Å². The maximum Gasteiger partial charge on any atom is 0.129 e. The minimum Gasteiger partial charge on any atom is -0.374 e. The summed E-state index contributed by atoms with van der Waals surface area (Å²) in [4.78, 5) is 3.33. The van der Waals surface area contributed by atoms with Crippen LogP contribution in [-0.4, -0.2) is 29.4 Å². The first-order valence-electron chi connectivity index (χ1n) is 12.5. The highest BCUT2D eigenvalue weighted by Gasteiger charge is 2.56. The van der Waals surface area contributed by atoms with Crippen molar-refractivity contribution in [3.05, 3.63) is 132 Å². The molecule has 1 unspecified atom stereocenters. The van der Waals surface area contributed by atoms with Crippen LogP contribution in [0.1, 0.15) is 35.4 Å². The van der Waals surface area contributed by atoms with E-state index in [0.29, 0.717) is 26.4 Å². The molecule has 0 aliphatic carbocycles. The van der Waals surface area contributed by atoms with Gasteiger partial charge in [0.05, 0.1) is 26.4 Å². The van der Waals surface area contributed by atoms with Gasteiger partial charge in [0.2, 0.25) is 0 Å². The molecule has 1 fully saturated rings. The van der Waals surface area contributed by atoms with Gasteiger partial charge in [0.15, 0.2) is 0 Å². The van der Waals surface area contributed by atoms with E-state index in [0.717, 1.165) is 22.4 Å². The lowest BCUT2D eigenvalue weighted by molar-refractivity contribution is -0.148. The summed E-state index contributed by atoms with van der Waals surface area (Å²) in [7, 11) is 0. The summed E-state index contributed by atoms with van der Waals surface area (Å²) in [6, 6.07) is 34.6. The molecular formula is C31H33NO4. The summed E-state index contributed by atoms with van der Waals surface area (Å²) >= 11 is 0. The molecule has 1 aliphatic heterocycles. The van der Waals surface area contributed by atoms with Crippen molar-refractivity contribution in [2.45, 2.75) is 50.7 Å². The van der Waals surface area contributed by atoms with E-state index in [4.69, 9.17) is 18.9 Å². The van der Waals surface area contributed by atoms with Gasteiger partial charge in [-0.3, -0.25) is 0 Å². The van der Waals surface area contributed by atoms with Gasteiger partial charge < -0.3 is 23.9 Å². The zero-order valence-corrected chi connectivity index (χ0v) is 20.6. The topological polar surface area (TPSA) is 52.7 Å². The molecule has 1 aromatic heterocycles. The third kappa shape index (κ3) is 5.77. The van der Waals surface area contributed by atoms with Gasteiger partial charge in [-0.05, 0) is 35.7 Å². The van der Waals surface area contributed by atoms with Crippen molar-refractivity contribution in [2.75, 3.05) is 6.61 Å². The molecule has 1 N–H and O–H groups in total. The summed E-state index contributed by atoms with van der Waals surface area (Å²) in [6.07, 6.45) is 0.939. The lowest BCUT2D eigenvalue weighted by Gasteiger charge is -2.35. The lowest BCUT2D eigenvalue weighted by atomic mass is 9.90. The van der Waals surface area contributed by atoms with Crippen LogP contribution in [0, 0.1) is 0 Å². The largest absolute Gasteiger partial charge is 0.374 e. The summed E-state index contributed by atoms with van der Waals surface area (Å²) < 4.78 is 26.1. The highest BCUT2D eigenvalue weighted by atomic mass is 16.6. The number of aromatic nitrogens is 1. The van der Waals surface area contributed by atoms with Crippen molar-refractivity contribution in [2.24, 2.45) is 0 Å². The normalized spacial score (nSPS) is 23.6. The lowest BCUT2D eigenvalue weighted by Crippen LogP contribution is -2.47. The first kappa shape index (κ1) is 24.5.